The molecule has 1 aliphatic rings. The maximum absolute atomic E-state index is 13.9. The van der Waals surface area contributed by atoms with E-state index in [1.54, 1.807) is 26.0 Å². The molecular formula is C21H25FN2O3S. The van der Waals surface area contributed by atoms with Crippen LogP contribution in [0.4, 0.5) is 10.1 Å². The van der Waals surface area contributed by atoms with Crippen molar-refractivity contribution in [2.75, 3.05) is 24.2 Å². The van der Waals surface area contributed by atoms with Crippen LogP contribution >= 0.6 is 0 Å². The van der Waals surface area contributed by atoms with E-state index < -0.39 is 15.4 Å². The molecule has 7 heteroatoms. The lowest BCUT2D eigenvalue weighted by Gasteiger charge is -2.40. The van der Waals surface area contributed by atoms with Gasteiger partial charge in [0.2, 0.25) is 15.9 Å². The monoisotopic (exact) mass is 404 g/mol. The van der Waals surface area contributed by atoms with E-state index in [0.29, 0.717) is 24.1 Å². The highest BCUT2D eigenvalue weighted by atomic mass is 32.2. The summed E-state index contributed by atoms with van der Waals surface area (Å²) in [5.74, 6) is -0.578. The van der Waals surface area contributed by atoms with Gasteiger partial charge in [0, 0.05) is 18.8 Å². The smallest absolute Gasteiger partial charge is 0.235 e. The normalized spacial score (nSPS) is 17.2. The minimum absolute atomic E-state index is 0.0418. The van der Waals surface area contributed by atoms with Gasteiger partial charge in [-0.05, 0) is 49.9 Å². The van der Waals surface area contributed by atoms with Gasteiger partial charge in [0.1, 0.15) is 5.82 Å². The Balaban J connectivity index is 1.90. The number of benzene rings is 2. The zero-order chi connectivity index (χ0) is 20.4. The number of aryl methyl sites for hydroxylation is 1. The molecule has 1 aliphatic heterocycles. The summed E-state index contributed by atoms with van der Waals surface area (Å²) in [6, 6.07) is 14.0. The summed E-state index contributed by atoms with van der Waals surface area (Å²) in [7, 11) is -3.30. The highest BCUT2D eigenvalue weighted by Gasteiger charge is 2.44. The first-order valence-electron chi connectivity index (χ1n) is 9.39. The minimum atomic E-state index is -3.30. The number of sulfonamides is 1. The number of carbonyl (C=O) groups excluding carboxylic acids is 1. The molecule has 3 rings (SSSR count). The molecular weight excluding hydrogens is 379 g/mol. The molecule has 1 saturated heterocycles. The number of hydrogen-bond donors (Lipinski definition) is 1. The van der Waals surface area contributed by atoms with E-state index in [2.05, 4.69) is 5.32 Å². The van der Waals surface area contributed by atoms with Crippen LogP contribution in [0.5, 0.6) is 0 Å². The Morgan fingerprint density at radius 3 is 2.36 bits per heavy atom. The summed E-state index contributed by atoms with van der Waals surface area (Å²) in [5, 5.41) is 2.84. The van der Waals surface area contributed by atoms with Crippen molar-refractivity contribution in [1.82, 2.24) is 4.31 Å². The first-order valence-corrected chi connectivity index (χ1v) is 11.0. The van der Waals surface area contributed by atoms with Crippen LogP contribution in [-0.2, 0) is 20.2 Å². The van der Waals surface area contributed by atoms with Crippen LogP contribution in [0.1, 0.15) is 30.9 Å². The topological polar surface area (TPSA) is 66.5 Å². The maximum atomic E-state index is 13.9. The average molecular weight is 405 g/mol. The van der Waals surface area contributed by atoms with Gasteiger partial charge < -0.3 is 5.32 Å². The zero-order valence-electron chi connectivity index (χ0n) is 16.1. The summed E-state index contributed by atoms with van der Waals surface area (Å²) in [5.41, 5.74) is 0.886. The Morgan fingerprint density at radius 2 is 1.79 bits per heavy atom. The van der Waals surface area contributed by atoms with E-state index in [9.17, 15) is 17.6 Å². The van der Waals surface area contributed by atoms with Crippen LogP contribution in [0, 0.1) is 12.7 Å². The Labute approximate surface area is 165 Å². The first kappa shape index (κ1) is 20.5. The molecule has 0 radical (unpaired) electrons. The molecule has 2 aromatic rings. The Morgan fingerprint density at radius 1 is 1.14 bits per heavy atom. The second-order valence-electron chi connectivity index (χ2n) is 7.17. The Hall–Kier alpha value is -2.25. The SMILES string of the molecule is CCS(=O)(=O)N1CCC(C(=O)Nc2ccc(C)c(F)c2)(c2ccccc2)CC1. The predicted octanol–water partition coefficient (Wildman–Crippen LogP) is 3.46. The number of nitrogens with zero attached hydrogens (tertiary/aromatic N) is 1. The molecule has 5 nitrogen and oxygen atoms in total. The highest BCUT2D eigenvalue weighted by molar-refractivity contribution is 7.89. The lowest BCUT2D eigenvalue weighted by atomic mass is 9.72. The van der Waals surface area contributed by atoms with Crippen molar-refractivity contribution in [3.05, 3.63) is 65.5 Å². The molecule has 0 aliphatic carbocycles. The first-order chi connectivity index (χ1) is 13.3. The van der Waals surface area contributed by atoms with Crippen LogP contribution in [-0.4, -0.2) is 37.5 Å². The number of anilines is 1. The molecule has 0 aromatic heterocycles. The third kappa shape index (κ3) is 3.95. The van der Waals surface area contributed by atoms with Crippen LogP contribution < -0.4 is 5.32 Å². The highest BCUT2D eigenvalue weighted by Crippen LogP contribution is 2.37. The number of carbonyl (C=O) groups is 1. The molecule has 0 spiro atoms. The van der Waals surface area contributed by atoms with Crippen LogP contribution in [0.3, 0.4) is 0 Å². The Bertz CT molecular complexity index is 953. The van der Waals surface area contributed by atoms with E-state index in [0.717, 1.165) is 5.56 Å². The Kier molecular flexibility index (Phi) is 5.86. The molecule has 1 heterocycles. The van der Waals surface area contributed by atoms with E-state index in [4.69, 9.17) is 0 Å². The van der Waals surface area contributed by atoms with Gasteiger partial charge in [0.15, 0.2) is 0 Å². The molecule has 2 aromatic carbocycles. The fourth-order valence-corrected chi connectivity index (χ4v) is 4.76. The van der Waals surface area contributed by atoms with Gasteiger partial charge in [-0.3, -0.25) is 4.79 Å². The summed E-state index contributed by atoms with van der Waals surface area (Å²) in [6.45, 7) is 3.84. The van der Waals surface area contributed by atoms with Crippen molar-refractivity contribution in [1.29, 1.82) is 0 Å². The lowest BCUT2D eigenvalue weighted by Crippen LogP contribution is -2.51. The van der Waals surface area contributed by atoms with Crippen molar-refractivity contribution in [3.8, 4) is 0 Å². The standard InChI is InChI=1S/C21H25FN2O3S/c1-3-28(26,27)24-13-11-21(12-14-24,17-7-5-4-6-8-17)20(25)23-18-10-9-16(2)19(22)15-18/h4-10,15H,3,11-14H2,1-2H3,(H,23,25). The van der Waals surface area contributed by atoms with Crippen molar-refractivity contribution >= 4 is 21.6 Å². The molecule has 150 valence electrons. The number of rotatable bonds is 5. The van der Waals surface area contributed by atoms with Crippen molar-refractivity contribution in [3.63, 3.8) is 0 Å². The van der Waals surface area contributed by atoms with Gasteiger partial charge in [-0.1, -0.05) is 36.4 Å². The largest absolute Gasteiger partial charge is 0.325 e. The minimum Gasteiger partial charge on any atom is -0.325 e. The van der Waals surface area contributed by atoms with Gasteiger partial charge in [-0.25, -0.2) is 17.1 Å². The molecule has 0 saturated carbocycles. The molecule has 0 bridgehead atoms. The average Bonchev–Trinajstić information content (AvgIpc) is 2.71. The van der Waals surface area contributed by atoms with Crippen LogP contribution in [0.15, 0.2) is 48.5 Å². The second kappa shape index (κ2) is 8.01. The molecule has 0 atom stereocenters. The van der Waals surface area contributed by atoms with E-state index in [1.165, 1.54) is 10.4 Å². The predicted molar refractivity (Wildman–Crippen MR) is 108 cm³/mol. The molecule has 0 unspecified atom stereocenters. The third-order valence-corrected chi connectivity index (χ3v) is 7.41. The number of nitrogens with one attached hydrogen (secondary N) is 1. The van der Waals surface area contributed by atoms with Crippen molar-refractivity contribution in [2.45, 2.75) is 32.1 Å². The number of halogens is 1. The summed E-state index contributed by atoms with van der Waals surface area (Å²) < 4.78 is 39.8. The summed E-state index contributed by atoms with van der Waals surface area (Å²) in [6.07, 6.45) is 0.743. The van der Waals surface area contributed by atoms with E-state index in [-0.39, 0.29) is 30.6 Å². The van der Waals surface area contributed by atoms with Gasteiger partial charge in [0.05, 0.1) is 11.2 Å². The second-order valence-corrected chi connectivity index (χ2v) is 9.42. The summed E-state index contributed by atoms with van der Waals surface area (Å²) in [4.78, 5) is 13.3. The van der Waals surface area contributed by atoms with Gasteiger partial charge >= 0.3 is 0 Å². The number of hydrogen-bond acceptors (Lipinski definition) is 3. The van der Waals surface area contributed by atoms with Crippen LogP contribution in [0.25, 0.3) is 0 Å². The van der Waals surface area contributed by atoms with Gasteiger partial charge in [-0.2, -0.15) is 0 Å². The van der Waals surface area contributed by atoms with E-state index >= 15 is 0 Å². The number of amides is 1. The maximum Gasteiger partial charge on any atom is 0.235 e. The summed E-state index contributed by atoms with van der Waals surface area (Å²) >= 11 is 0. The van der Waals surface area contributed by atoms with E-state index in [1.807, 2.05) is 30.3 Å². The van der Waals surface area contributed by atoms with Crippen molar-refractivity contribution < 1.29 is 17.6 Å². The number of piperidine rings is 1. The quantitative estimate of drug-likeness (QED) is 0.830. The molecule has 1 fully saturated rings. The fraction of sp³-hybridized carbons (Fsp3) is 0.381. The zero-order valence-corrected chi connectivity index (χ0v) is 16.9. The molecule has 28 heavy (non-hydrogen) atoms. The molecule has 1 amide bonds. The van der Waals surface area contributed by atoms with Gasteiger partial charge in [-0.15, -0.1) is 0 Å². The van der Waals surface area contributed by atoms with Gasteiger partial charge in [0.25, 0.3) is 0 Å². The third-order valence-electron chi connectivity index (χ3n) is 5.52. The fourth-order valence-electron chi connectivity index (χ4n) is 3.65. The van der Waals surface area contributed by atoms with Crippen LogP contribution in [0.2, 0.25) is 0 Å². The molecule has 1 N–H and O–H groups in total. The lowest BCUT2D eigenvalue weighted by molar-refractivity contribution is -0.123. The van der Waals surface area contributed by atoms with Crippen molar-refractivity contribution in [2.24, 2.45) is 0 Å².